The maximum atomic E-state index is 11.3. The molecular weight excluding hydrogens is 266 g/mol. The highest BCUT2D eigenvalue weighted by Crippen LogP contribution is 2.17. The molecular formula is C9H13NO7S. The lowest BCUT2D eigenvalue weighted by Gasteiger charge is -2.14. The number of ether oxygens (including phenoxy) is 1. The first kappa shape index (κ1) is 16.4. The van der Waals surface area contributed by atoms with E-state index in [2.05, 4.69) is 4.74 Å². The van der Waals surface area contributed by atoms with Crippen LogP contribution in [0.2, 0.25) is 0 Å². The van der Waals surface area contributed by atoms with E-state index >= 15 is 0 Å². The molecule has 0 saturated heterocycles. The molecule has 9 heteroatoms. The molecule has 0 aromatic heterocycles. The molecule has 0 rings (SSSR count). The van der Waals surface area contributed by atoms with E-state index < -0.39 is 41.4 Å². The van der Waals surface area contributed by atoms with Crippen LogP contribution < -0.4 is 5.73 Å². The highest BCUT2D eigenvalue weighted by Gasteiger charge is 2.27. The summed E-state index contributed by atoms with van der Waals surface area (Å²) in [7, 11) is 1.08. The van der Waals surface area contributed by atoms with Gasteiger partial charge in [0.15, 0.2) is 0 Å². The van der Waals surface area contributed by atoms with Gasteiger partial charge in [0.2, 0.25) is 5.78 Å². The van der Waals surface area contributed by atoms with Gasteiger partial charge in [-0.05, 0) is 0 Å². The van der Waals surface area contributed by atoms with Gasteiger partial charge in [0.05, 0.1) is 7.11 Å². The van der Waals surface area contributed by atoms with Crippen molar-refractivity contribution in [2.24, 2.45) is 5.73 Å². The van der Waals surface area contributed by atoms with Gasteiger partial charge in [0, 0.05) is 12.2 Å². The van der Waals surface area contributed by atoms with Crippen LogP contribution in [0.5, 0.6) is 0 Å². The molecule has 0 heterocycles. The number of carbonyl (C=O) groups is 4. The Kier molecular flexibility index (Phi) is 6.98. The summed E-state index contributed by atoms with van der Waals surface area (Å²) < 4.78 is 4.39. The molecule has 0 saturated carbocycles. The number of Topliss-reactive ketones (excluding diaryl/α,β-unsaturated/α-hetero) is 1. The Morgan fingerprint density at radius 2 is 1.83 bits per heavy atom. The van der Waals surface area contributed by atoms with Crippen molar-refractivity contribution in [3.05, 3.63) is 0 Å². The van der Waals surface area contributed by atoms with Crippen molar-refractivity contribution in [3.8, 4) is 0 Å². The summed E-state index contributed by atoms with van der Waals surface area (Å²) in [5, 5.41) is 15.9. The number of esters is 1. The molecule has 18 heavy (non-hydrogen) atoms. The number of nitrogens with two attached hydrogens (primary N) is 1. The fourth-order valence-electron chi connectivity index (χ4n) is 0.889. The summed E-state index contributed by atoms with van der Waals surface area (Å²) in [4.78, 5) is 43.1. The van der Waals surface area contributed by atoms with Crippen molar-refractivity contribution in [1.82, 2.24) is 0 Å². The zero-order valence-corrected chi connectivity index (χ0v) is 10.3. The minimum atomic E-state index is -1.66. The van der Waals surface area contributed by atoms with Gasteiger partial charge < -0.3 is 20.7 Å². The van der Waals surface area contributed by atoms with Crippen LogP contribution in [0.4, 0.5) is 0 Å². The van der Waals surface area contributed by atoms with Crippen LogP contribution in [-0.2, 0) is 23.9 Å². The van der Waals surface area contributed by atoms with Crippen LogP contribution in [0.1, 0.15) is 6.42 Å². The fourth-order valence-corrected chi connectivity index (χ4v) is 1.97. The number of aliphatic carboxylic acids is 2. The van der Waals surface area contributed by atoms with Gasteiger partial charge in [-0.15, -0.1) is 11.8 Å². The molecule has 1 unspecified atom stereocenters. The summed E-state index contributed by atoms with van der Waals surface area (Å²) in [6.45, 7) is 0. The van der Waals surface area contributed by atoms with Crippen molar-refractivity contribution in [3.63, 3.8) is 0 Å². The number of hydrogen-bond donors (Lipinski definition) is 3. The molecule has 0 aliphatic heterocycles. The molecule has 0 aliphatic rings. The van der Waals surface area contributed by atoms with Gasteiger partial charge in [-0.1, -0.05) is 0 Å². The van der Waals surface area contributed by atoms with Gasteiger partial charge in [-0.25, -0.2) is 4.79 Å². The molecule has 0 aliphatic carbocycles. The standard InChI is InChI=1S/C9H13NO7S/c1-17-9(16)6(2-5(11)8(14)15)18-3-4(10)7(12)13/h4,6H,2-3,10H2,1H3,(H,12,13)(H,14,15)/t4-,6?/m0/s1. The summed E-state index contributed by atoms with van der Waals surface area (Å²) in [6.07, 6.45) is -0.570. The Morgan fingerprint density at radius 1 is 1.28 bits per heavy atom. The first-order valence-electron chi connectivity index (χ1n) is 4.73. The van der Waals surface area contributed by atoms with Gasteiger partial charge in [-0.2, -0.15) is 0 Å². The van der Waals surface area contributed by atoms with E-state index in [0.717, 1.165) is 18.9 Å². The number of methoxy groups -OCH3 is 1. The molecule has 2 atom stereocenters. The molecule has 0 aromatic carbocycles. The predicted octanol–water partition coefficient (Wildman–Crippen LogP) is -1.28. The van der Waals surface area contributed by atoms with E-state index in [0.29, 0.717) is 0 Å². The van der Waals surface area contributed by atoms with Gasteiger partial charge >= 0.3 is 17.9 Å². The van der Waals surface area contributed by atoms with Crippen LogP contribution in [-0.4, -0.2) is 58.1 Å². The minimum Gasteiger partial charge on any atom is -0.480 e. The molecule has 0 aromatic rings. The zero-order valence-electron chi connectivity index (χ0n) is 9.49. The second kappa shape index (κ2) is 7.67. The molecule has 0 radical (unpaired) electrons. The van der Waals surface area contributed by atoms with E-state index in [1.54, 1.807) is 0 Å². The van der Waals surface area contributed by atoms with Crippen molar-refractivity contribution in [2.45, 2.75) is 17.7 Å². The lowest BCUT2D eigenvalue weighted by molar-refractivity contribution is -0.150. The van der Waals surface area contributed by atoms with Crippen molar-refractivity contribution in [1.29, 1.82) is 0 Å². The topological polar surface area (TPSA) is 144 Å². The molecule has 0 spiro atoms. The van der Waals surface area contributed by atoms with E-state index in [1.165, 1.54) is 0 Å². The number of ketones is 1. The Bertz CT molecular complexity index is 357. The third-order valence-corrected chi connectivity index (χ3v) is 3.18. The largest absolute Gasteiger partial charge is 0.480 e. The SMILES string of the molecule is COC(=O)C(CC(=O)C(=O)O)SC[C@H](N)C(=O)O. The number of thioether (sulfide) groups is 1. The van der Waals surface area contributed by atoms with Crippen LogP contribution in [0, 0.1) is 0 Å². The second-order valence-corrected chi connectivity index (χ2v) is 4.46. The van der Waals surface area contributed by atoms with E-state index in [-0.39, 0.29) is 5.75 Å². The number of rotatable bonds is 8. The first-order chi connectivity index (χ1) is 8.29. The van der Waals surface area contributed by atoms with Crippen LogP contribution in [0.3, 0.4) is 0 Å². The third-order valence-electron chi connectivity index (χ3n) is 1.87. The van der Waals surface area contributed by atoms with Crippen molar-refractivity contribution < 1.29 is 34.1 Å². The molecule has 0 amide bonds. The van der Waals surface area contributed by atoms with Crippen LogP contribution >= 0.6 is 11.8 Å². The quantitative estimate of drug-likeness (QED) is 0.365. The molecule has 0 fully saturated rings. The van der Waals surface area contributed by atoms with E-state index in [1.807, 2.05) is 0 Å². The Hall–Kier alpha value is -1.61. The van der Waals surface area contributed by atoms with E-state index in [9.17, 15) is 19.2 Å². The lowest BCUT2D eigenvalue weighted by atomic mass is 10.2. The zero-order chi connectivity index (χ0) is 14.3. The lowest BCUT2D eigenvalue weighted by Crippen LogP contribution is -2.35. The molecule has 102 valence electrons. The monoisotopic (exact) mass is 279 g/mol. The average molecular weight is 279 g/mol. The second-order valence-electron chi connectivity index (χ2n) is 3.22. The first-order valence-corrected chi connectivity index (χ1v) is 5.78. The number of hydrogen-bond acceptors (Lipinski definition) is 7. The number of carbonyl (C=O) groups excluding carboxylic acids is 2. The summed E-state index contributed by atoms with van der Waals surface area (Å²) in [5.74, 6) is -5.00. The Balaban J connectivity index is 4.51. The number of carboxylic acids is 2. The highest BCUT2D eigenvalue weighted by atomic mass is 32.2. The smallest absolute Gasteiger partial charge is 0.372 e. The summed E-state index contributed by atoms with van der Waals surface area (Å²) in [5.41, 5.74) is 5.22. The number of carboxylic acid groups (broad SMARTS) is 2. The minimum absolute atomic E-state index is 0.137. The molecule has 4 N–H and O–H groups in total. The summed E-state index contributed by atoms with van der Waals surface area (Å²) in [6, 6.07) is -1.21. The van der Waals surface area contributed by atoms with Crippen molar-refractivity contribution in [2.75, 3.05) is 12.9 Å². The molecule has 0 bridgehead atoms. The third kappa shape index (κ3) is 5.64. The average Bonchev–Trinajstić information content (AvgIpc) is 2.32. The highest BCUT2D eigenvalue weighted by molar-refractivity contribution is 8.00. The molecule has 8 nitrogen and oxygen atoms in total. The predicted molar refractivity (Wildman–Crippen MR) is 61.1 cm³/mol. The fraction of sp³-hybridized carbons (Fsp3) is 0.556. The maximum absolute atomic E-state index is 11.3. The summed E-state index contributed by atoms with van der Waals surface area (Å²) >= 11 is 0.772. The Labute approximate surface area is 106 Å². The normalized spacial score (nSPS) is 13.4. The van der Waals surface area contributed by atoms with Gasteiger partial charge in [0.25, 0.3) is 0 Å². The maximum Gasteiger partial charge on any atom is 0.372 e. The van der Waals surface area contributed by atoms with Crippen LogP contribution in [0.15, 0.2) is 0 Å². The van der Waals surface area contributed by atoms with Crippen molar-refractivity contribution >= 4 is 35.5 Å². The van der Waals surface area contributed by atoms with Crippen LogP contribution in [0.25, 0.3) is 0 Å². The van der Waals surface area contributed by atoms with Gasteiger partial charge in [0.1, 0.15) is 11.3 Å². The Morgan fingerprint density at radius 3 is 2.22 bits per heavy atom. The van der Waals surface area contributed by atoms with Gasteiger partial charge in [-0.3, -0.25) is 14.4 Å². The van der Waals surface area contributed by atoms with E-state index in [4.69, 9.17) is 15.9 Å².